The zero-order chi connectivity index (χ0) is 28.4. The molecule has 1 aromatic heterocycles. The van der Waals surface area contributed by atoms with E-state index in [1.54, 1.807) is 24.9 Å². The number of carboxylic acid groups (broad SMARTS) is 1. The molecule has 1 saturated carbocycles. The van der Waals surface area contributed by atoms with Crippen LogP contribution in [-0.4, -0.2) is 65.9 Å². The number of carboxylic acids is 1. The number of carbonyl (C=O) groups is 2. The summed E-state index contributed by atoms with van der Waals surface area (Å²) in [5, 5.41) is 12.7. The minimum atomic E-state index is -4.53. The number of allylic oxidation sites excluding steroid dienone is 4. The first-order valence-electron chi connectivity index (χ1n) is 12.2. The van der Waals surface area contributed by atoms with Crippen LogP contribution in [0, 0.1) is 17.3 Å². The number of aliphatic imine (C=N–C) groups is 1. The summed E-state index contributed by atoms with van der Waals surface area (Å²) in [7, 11) is 2.75. The van der Waals surface area contributed by atoms with E-state index in [2.05, 4.69) is 15.3 Å². The second-order valence-corrected chi connectivity index (χ2v) is 10.7. The van der Waals surface area contributed by atoms with Crippen molar-refractivity contribution in [3.63, 3.8) is 0 Å². The maximum atomic E-state index is 13.4. The summed E-state index contributed by atoms with van der Waals surface area (Å²) in [6.07, 6.45) is 1.16. The van der Waals surface area contributed by atoms with Gasteiger partial charge in [0.15, 0.2) is 0 Å². The molecule has 2 aliphatic rings. The van der Waals surface area contributed by atoms with E-state index in [9.17, 15) is 27.9 Å². The predicted molar refractivity (Wildman–Crippen MR) is 141 cm³/mol. The number of likely N-dealkylation sites (tertiary alicyclic amines) is 1. The summed E-state index contributed by atoms with van der Waals surface area (Å²) in [4.78, 5) is 33.9. The number of rotatable bonds is 8. The summed E-state index contributed by atoms with van der Waals surface area (Å²) in [5.74, 6) is -1.42. The molecule has 1 spiro atoms. The molecule has 0 radical (unpaired) electrons. The molecule has 2 fully saturated rings. The molecule has 38 heavy (non-hydrogen) atoms. The summed E-state index contributed by atoms with van der Waals surface area (Å²) < 4.78 is 38.9. The maximum Gasteiger partial charge on any atom is 0.432 e. The lowest BCUT2D eigenvalue weighted by Gasteiger charge is -2.38. The normalized spacial score (nSPS) is 24.6. The number of likely N-dealkylation sites (N-methyl/N-ethyl adjacent to an activating group) is 1. The van der Waals surface area contributed by atoms with Crippen LogP contribution in [0.15, 0.2) is 34.6 Å². The number of alkyl halides is 3. The van der Waals surface area contributed by atoms with Crippen LogP contribution >= 0.6 is 23.2 Å². The van der Waals surface area contributed by atoms with Crippen molar-refractivity contribution >= 4 is 40.8 Å². The standard InChI is InChI=1S/C26H31Cl2F3N4O3/c1-14(9-20(33-4)26(29,30)31)5-6-16(32-3)10-17-21(27)18(12-34-22(17)28)23(36)35-8-7-25(15(2)13-35)11-19(25)24(37)38/h6,9,12,15,19,32H,5,7-8,10-11,13H2,1-4H3,(H,37,38)/b14-9-,16-6-,33-20?/t15-,19?,25?/m0/s1. The largest absolute Gasteiger partial charge is 0.481 e. The summed E-state index contributed by atoms with van der Waals surface area (Å²) in [6.45, 7) is 4.40. The van der Waals surface area contributed by atoms with E-state index in [-0.39, 0.29) is 51.7 Å². The Labute approximate surface area is 229 Å². The number of nitrogens with one attached hydrogen (secondary N) is 1. The highest BCUT2D eigenvalue weighted by atomic mass is 35.5. The third-order valence-corrected chi connectivity index (χ3v) is 8.34. The van der Waals surface area contributed by atoms with Crippen molar-refractivity contribution in [2.75, 3.05) is 27.2 Å². The second-order valence-electron chi connectivity index (χ2n) is 9.94. The quantitative estimate of drug-likeness (QED) is 0.312. The Balaban J connectivity index is 1.76. The molecule has 1 aromatic rings. The van der Waals surface area contributed by atoms with Gasteiger partial charge in [0.05, 0.1) is 16.5 Å². The highest BCUT2D eigenvalue weighted by Gasteiger charge is 2.62. The van der Waals surface area contributed by atoms with Crippen LogP contribution in [0.1, 0.15) is 49.0 Å². The number of carbonyl (C=O) groups excluding carboxylic acids is 1. The first-order valence-corrected chi connectivity index (χ1v) is 12.9. The van der Waals surface area contributed by atoms with Gasteiger partial charge in [0, 0.05) is 51.1 Å². The molecule has 12 heteroatoms. The summed E-state index contributed by atoms with van der Waals surface area (Å²) >= 11 is 13.0. The lowest BCUT2D eigenvalue weighted by atomic mass is 9.81. The molecule has 0 aromatic carbocycles. The van der Waals surface area contributed by atoms with Crippen molar-refractivity contribution < 1.29 is 27.9 Å². The zero-order valence-electron chi connectivity index (χ0n) is 21.6. The van der Waals surface area contributed by atoms with E-state index < -0.39 is 17.9 Å². The van der Waals surface area contributed by atoms with E-state index in [1.165, 1.54) is 6.20 Å². The minimum absolute atomic E-state index is 0.0329. The van der Waals surface area contributed by atoms with E-state index in [0.29, 0.717) is 42.8 Å². The molecular weight excluding hydrogens is 544 g/mol. The number of aliphatic carboxylic acids is 1. The summed E-state index contributed by atoms with van der Waals surface area (Å²) in [6, 6.07) is 0. The van der Waals surface area contributed by atoms with E-state index >= 15 is 0 Å². The van der Waals surface area contributed by atoms with Gasteiger partial charge in [0.25, 0.3) is 5.91 Å². The Morgan fingerprint density at radius 1 is 1.37 bits per heavy atom. The Morgan fingerprint density at radius 3 is 2.58 bits per heavy atom. The Morgan fingerprint density at radius 2 is 2.05 bits per heavy atom. The van der Waals surface area contributed by atoms with E-state index in [0.717, 1.165) is 13.1 Å². The number of amides is 1. The smallest absolute Gasteiger partial charge is 0.432 e. The minimum Gasteiger partial charge on any atom is -0.481 e. The van der Waals surface area contributed by atoms with Gasteiger partial charge < -0.3 is 15.3 Å². The van der Waals surface area contributed by atoms with Gasteiger partial charge in [-0.15, -0.1) is 0 Å². The fraction of sp³-hybridized carbons (Fsp3) is 0.538. The van der Waals surface area contributed by atoms with Crippen LogP contribution in [0.25, 0.3) is 0 Å². The van der Waals surface area contributed by atoms with Crippen LogP contribution in [-0.2, 0) is 11.2 Å². The van der Waals surface area contributed by atoms with Gasteiger partial charge in [-0.25, -0.2) is 4.98 Å². The fourth-order valence-electron chi connectivity index (χ4n) is 5.13. The van der Waals surface area contributed by atoms with Crippen molar-refractivity contribution in [2.45, 2.75) is 45.7 Å². The van der Waals surface area contributed by atoms with Crippen LogP contribution in [0.3, 0.4) is 0 Å². The number of halogens is 5. The van der Waals surface area contributed by atoms with Crippen LogP contribution in [0.5, 0.6) is 0 Å². The number of nitrogens with zero attached hydrogens (tertiary/aromatic N) is 3. The van der Waals surface area contributed by atoms with Gasteiger partial charge in [-0.2, -0.15) is 13.2 Å². The van der Waals surface area contributed by atoms with Crippen molar-refractivity contribution in [1.82, 2.24) is 15.2 Å². The molecule has 2 heterocycles. The topological polar surface area (TPSA) is 94.9 Å². The second kappa shape index (κ2) is 11.7. The Bertz CT molecular complexity index is 1200. The zero-order valence-corrected chi connectivity index (χ0v) is 23.1. The molecule has 1 amide bonds. The lowest BCUT2D eigenvalue weighted by Crippen LogP contribution is -2.45. The van der Waals surface area contributed by atoms with Crippen LogP contribution in [0.2, 0.25) is 10.2 Å². The molecular formula is C26H31Cl2F3N4O3. The molecule has 1 saturated heterocycles. The Hall–Kier alpha value is -2.59. The monoisotopic (exact) mass is 574 g/mol. The number of pyridine rings is 1. The molecule has 0 bridgehead atoms. The average molecular weight is 575 g/mol. The van der Waals surface area contributed by atoms with Crippen molar-refractivity contribution in [1.29, 1.82) is 0 Å². The van der Waals surface area contributed by atoms with Gasteiger partial charge in [-0.1, -0.05) is 41.8 Å². The van der Waals surface area contributed by atoms with Crippen molar-refractivity contribution in [3.05, 3.63) is 50.9 Å². The number of hydrogen-bond donors (Lipinski definition) is 2. The Kier molecular flexibility index (Phi) is 9.19. The molecule has 3 atom stereocenters. The molecule has 1 aliphatic heterocycles. The van der Waals surface area contributed by atoms with E-state index in [1.807, 2.05) is 6.92 Å². The first kappa shape index (κ1) is 30.0. The fourth-order valence-corrected chi connectivity index (χ4v) is 5.68. The van der Waals surface area contributed by atoms with Crippen molar-refractivity contribution in [2.24, 2.45) is 22.2 Å². The molecule has 208 valence electrons. The highest BCUT2D eigenvalue weighted by Crippen LogP contribution is 2.62. The third kappa shape index (κ3) is 6.34. The van der Waals surface area contributed by atoms with Gasteiger partial charge in [0.2, 0.25) is 0 Å². The lowest BCUT2D eigenvalue weighted by molar-refractivity contribution is -0.140. The summed E-state index contributed by atoms with van der Waals surface area (Å²) in [5.41, 5.74) is 0.486. The molecule has 7 nitrogen and oxygen atoms in total. The SMILES string of the molecule is CN=C(/C=C(/C)C/C=C(/Cc1c(Cl)ncc(C(=O)N2CCC3(CC3C(=O)O)[C@@H](C)C2)c1Cl)NC)C(F)(F)F. The maximum absolute atomic E-state index is 13.4. The molecule has 2 N–H and O–H groups in total. The number of aromatic nitrogens is 1. The van der Waals surface area contributed by atoms with Gasteiger partial charge in [0.1, 0.15) is 10.9 Å². The molecule has 2 unspecified atom stereocenters. The number of piperidine rings is 1. The highest BCUT2D eigenvalue weighted by molar-refractivity contribution is 6.37. The predicted octanol–water partition coefficient (Wildman–Crippen LogP) is 5.58. The number of hydrogen-bond acceptors (Lipinski definition) is 5. The van der Waals surface area contributed by atoms with Gasteiger partial charge >= 0.3 is 12.1 Å². The molecule has 3 rings (SSSR count). The van der Waals surface area contributed by atoms with Crippen molar-refractivity contribution in [3.8, 4) is 0 Å². The van der Waals surface area contributed by atoms with Crippen LogP contribution in [0.4, 0.5) is 13.2 Å². The average Bonchev–Trinajstić information content (AvgIpc) is 3.58. The van der Waals surface area contributed by atoms with Crippen LogP contribution < -0.4 is 5.32 Å². The van der Waals surface area contributed by atoms with E-state index in [4.69, 9.17) is 23.2 Å². The van der Waals surface area contributed by atoms with Gasteiger partial charge in [-0.3, -0.25) is 14.6 Å². The van der Waals surface area contributed by atoms with Gasteiger partial charge in [-0.05, 0) is 43.6 Å². The third-order valence-electron chi connectivity index (χ3n) is 7.59. The first-order chi connectivity index (χ1) is 17.7. The molecule has 1 aliphatic carbocycles.